The molecule has 8 nitrogen and oxygen atoms in total. The highest BCUT2D eigenvalue weighted by Crippen LogP contribution is 2.19. The number of ether oxygens (including phenoxy) is 1. The van der Waals surface area contributed by atoms with E-state index in [0.717, 1.165) is 5.75 Å². The van der Waals surface area contributed by atoms with Crippen molar-refractivity contribution in [3.8, 4) is 5.75 Å². The molecule has 0 atom stereocenters. The Morgan fingerprint density at radius 3 is 2.12 bits per heavy atom. The molecule has 0 heterocycles. The zero-order valence-electron chi connectivity index (χ0n) is 19.0. The first kappa shape index (κ1) is 24.8. The molecule has 3 N–H and O–H groups in total. The van der Waals surface area contributed by atoms with Crippen LogP contribution in [0.25, 0.3) is 0 Å². The van der Waals surface area contributed by atoms with Crippen molar-refractivity contribution >= 4 is 38.7 Å². The number of hydrogen-bond donors (Lipinski definition) is 3. The van der Waals surface area contributed by atoms with Crippen LogP contribution in [0.4, 0.5) is 17.1 Å². The van der Waals surface area contributed by atoms with Gasteiger partial charge in [0.15, 0.2) is 9.84 Å². The molecule has 3 aromatic carbocycles. The van der Waals surface area contributed by atoms with Crippen molar-refractivity contribution in [1.29, 1.82) is 0 Å². The molecule has 2 amide bonds. The Labute approximate surface area is 199 Å². The summed E-state index contributed by atoms with van der Waals surface area (Å²) >= 11 is 0. The maximum Gasteiger partial charge on any atom is 0.255 e. The van der Waals surface area contributed by atoms with E-state index in [0.29, 0.717) is 34.8 Å². The van der Waals surface area contributed by atoms with Crippen LogP contribution in [0.15, 0.2) is 72.8 Å². The van der Waals surface area contributed by atoms with Gasteiger partial charge >= 0.3 is 0 Å². The van der Waals surface area contributed by atoms with E-state index in [9.17, 15) is 18.0 Å². The summed E-state index contributed by atoms with van der Waals surface area (Å²) in [5.41, 5.74) is 2.81. The highest BCUT2D eigenvalue weighted by atomic mass is 32.2. The summed E-state index contributed by atoms with van der Waals surface area (Å²) in [5.74, 6) is 0.0405. The number of carbonyl (C=O) groups excluding carboxylic acids is 2. The zero-order valence-corrected chi connectivity index (χ0v) is 19.8. The standard InChI is InChI=1S/C25H27N3O5S/c1-3-33-22-14-12-21(13-15-22)28-25(30)18-8-10-20(11-9-18)27-24(29)16-26-23-7-5-4-6-19(23)17-34(2,31)32/h4-15,26H,3,16-17H2,1-2H3,(H,27,29)(H,28,30). The molecule has 178 valence electrons. The lowest BCUT2D eigenvalue weighted by molar-refractivity contribution is -0.114. The number of carbonyl (C=O) groups is 2. The molecule has 0 fully saturated rings. The normalized spacial score (nSPS) is 10.9. The van der Waals surface area contributed by atoms with Gasteiger partial charge < -0.3 is 20.7 Å². The van der Waals surface area contributed by atoms with Crippen molar-refractivity contribution in [3.63, 3.8) is 0 Å². The summed E-state index contributed by atoms with van der Waals surface area (Å²) in [6.45, 7) is 2.43. The first-order valence-electron chi connectivity index (χ1n) is 10.7. The average molecular weight is 482 g/mol. The van der Waals surface area contributed by atoms with E-state index in [4.69, 9.17) is 4.74 Å². The van der Waals surface area contributed by atoms with Gasteiger partial charge in [-0.3, -0.25) is 9.59 Å². The number of sulfone groups is 1. The third-order valence-electron chi connectivity index (χ3n) is 4.73. The Kier molecular flexibility index (Phi) is 8.26. The molecule has 0 unspecified atom stereocenters. The smallest absolute Gasteiger partial charge is 0.255 e. The molecule has 0 saturated heterocycles. The van der Waals surface area contributed by atoms with Crippen LogP contribution in [0.2, 0.25) is 0 Å². The lowest BCUT2D eigenvalue weighted by atomic mass is 10.2. The van der Waals surface area contributed by atoms with Crippen molar-refractivity contribution in [2.45, 2.75) is 12.7 Å². The Morgan fingerprint density at radius 1 is 0.853 bits per heavy atom. The molecule has 34 heavy (non-hydrogen) atoms. The van der Waals surface area contributed by atoms with E-state index in [1.807, 2.05) is 6.92 Å². The van der Waals surface area contributed by atoms with Gasteiger partial charge in [0, 0.05) is 28.9 Å². The average Bonchev–Trinajstić information content (AvgIpc) is 2.79. The van der Waals surface area contributed by atoms with Gasteiger partial charge in [0.1, 0.15) is 5.75 Å². The van der Waals surface area contributed by atoms with Crippen LogP contribution in [0, 0.1) is 0 Å². The second-order valence-electron chi connectivity index (χ2n) is 7.62. The molecule has 0 aliphatic rings. The first-order valence-corrected chi connectivity index (χ1v) is 12.7. The minimum atomic E-state index is -3.20. The van der Waals surface area contributed by atoms with Crippen molar-refractivity contribution in [2.75, 3.05) is 35.4 Å². The molecule has 0 aliphatic carbocycles. The number of rotatable bonds is 10. The van der Waals surface area contributed by atoms with Gasteiger partial charge in [-0.25, -0.2) is 8.42 Å². The van der Waals surface area contributed by atoms with Crippen LogP contribution in [-0.4, -0.2) is 39.6 Å². The highest BCUT2D eigenvalue weighted by molar-refractivity contribution is 7.89. The van der Waals surface area contributed by atoms with Crippen LogP contribution in [0.5, 0.6) is 5.75 Å². The van der Waals surface area contributed by atoms with E-state index in [2.05, 4.69) is 16.0 Å². The van der Waals surface area contributed by atoms with Gasteiger partial charge in [-0.15, -0.1) is 0 Å². The van der Waals surface area contributed by atoms with Gasteiger partial charge in [0.25, 0.3) is 5.91 Å². The fraction of sp³-hybridized carbons (Fsp3) is 0.200. The largest absolute Gasteiger partial charge is 0.494 e. The van der Waals surface area contributed by atoms with Crippen molar-refractivity contribution in [1.82, 2.24) is 0 Å². The Balaban J connectivity index is 1.53. The molecule has 0 aliphatic heterocycles. The number of anilines is 3. The maximum atomic E-state index is 12.5. The molecule has 0 bridgehead atoms. The van der Waals surface area contributed by atoms with Crippen LogP contribution < -0.4 is 20.7 Å². The molecule has 0 aromatic heterocycles. The number of para-hydroxylation sites is 1. The van der Waals surface area contributed by atoms with Gasteiger partial charge in [-0.2, -0.15) is 0 Å². The van der Waals surface area contributed by atoms with Crippen LogP contribution >= 0.6 is 0 Å². The Hall–Kier alpha value is -3.85. The predicted octanol–water partition coefficient (Wildman–Crippen LogP) is 3.93. The quantitative estimate of drug-likeness (QED) is 0.404. The fourth-order valence-electron chi connectivity index (χ4n) is 3.19. The molecule has 0 radical (unpaired) electrons. The number of benzene rings is 3. The van der Waals surface area contributed by atoms with Gasteiger partial charge in [-0.1, -0.05) is 18.2 Å². The predicted molar refractivity (Wildman–Crippen MR) is 134 cm³/mol. The molecule has 3 rings (SSSR count). The van der Waals surface area contributed by atoms with E-state index in [-0.39, 0.29) is 24.1 Å². The second kappa shape index (κ2) is 11.3. The molecule has 0 saturated carbocycles. The van der Waals surface area contributed by atoms with Gasteiger partial charge in [0.2, 0.25) is 5.91 Å². The Bertz CT molecular complexity index is 1240. The lowest BCUT2D eigenvalue weighted by Gasteiger charge is -2.12. The van der Waals surface area contributed by atoms with Crippen molar-refractivity contribution in [2.24, 2.45) is 0 Å². The van der Waals surface area contributed by atoms with Crippen LogP contribution in [0.3, 0.4) is 0 Å². The molecule has 9 heteroatoms. The minimum Gasteiger partial charge on any atom is -0.494 e. The summed E-state index contributed by atoms with van der Waals surface area (Å²) in [4.78, 5) is 24.8. The summed E-state index contributed by atoms with van der Waals surface area (Å²) in [7, 11) is -3.20. The lowest BCUT2D eigenvalue weighted by Crippen LogP contribution is -2.22. The van der Waals surface area contributed by atoms with E-state index >= 15 is 0 Å². The topological polar surface area (TPSA) is 114 Å². The highest BCUT2D eigenvalue weighted by Gasteiger charge is 2.11. The SMILES string of the molecule is CCOc1ccc(NC(=O)c2ccc(NC(=O)CNc3ccccc3CS(C)(=O)=O)cc2)cc1. The molecular weight excluding hydrogens is 454 g/mol. The first-order chi connectivity index (χ1) is 16.2. The van der Waals surface area contributed by atoms with E-state index in [1.54, 1.807) is 72.8 Å². The maximum absolute atomic E-state index is 12.5. The summed E-state index contributed by atoms with van der Waals surface area (Å²) in [6.07, 6.45) is 1.17. The van der Waals surface area contributed by atoms with E-state index < -0.39 is 9.84 Å². The van der Waals surface area contributed by atoms with E-state index in [1.165, 1.54) is 6.26 Å². The number of hydrogen-bond acceptors (Lipinski definition) is 6. The third kappa shape index (κ3) is 7.63. The molecule has 0 spiro atoms. The van der Waals surface area contributed by atoms with Crippen molar-refractivity contribution in [3.05, 3.63) is 83.9 Å². The minimum absolute atomic E-state index is 0.0409. The summed E-state index contributed by atoms with van der Waals surface area (Å²) in [5, 5.41) is 8.54. The number of amides is 2. The zero-order chi connectivity index (χ0) is 24.6. The fourth-order valence-corrected chi connectivity index (χ4v) is 4.01. The summed E-state index contributed by atoms with van der Waals surface area (Å²) < 4.78 is 28.6. The molecular formula is C25H27N3O5S. The van der Waals surface area contributed by atoms with Gasteiger partial charge in [-0.05, 0) is 67.1 Å². The number of nitrogens with one attached hydrogen (secondary N) is 3. The monoisotopic (exact) mass is 481 g/mol. The Morgan fingerprint density at radius 2 is 1.47 bits per heavy atom. The third-order valence-corrected chi connectivity index (χ3v) is 5.56. The van der Waals surface area contributed by atoms with Crippen LogP contribution in [0.1, 0.15) is 22.8 Å². The van der Waals surface area contributed by atoms with Crippen molar-refractivity contribution < 1.29 is 22.7 Å². The second-order valence-corrected chi connectivity index (χ2v) is 9.76. The summed E-state index contributed by atoms with van der Waals surface area (Å²) in [6, 6.07) is 20.6. The van der Waals surface area contributed by atoms with Gasteiger partial charge in [0.05, 0.1) is 18.9 Å². The molecule has 3 aromatic rings. The van der Waals surface area contributed by atoms with Crippen LogP contribution in [-0.2, 0) is 20.4 Å².